The molecule has 29 heavy (non-hydrogen) atoms. The number of aryl methyl sites for hydroxylation is 1. The molecule has 0 amide bonds. The Morgan fingerprint density at radius 1 is 1.14 bits per heavy atom. The summed E-state index contributed by atoms with van der Waals surface area (Å²) in [6.07, 6.45) is 5.93. The van der Waals surface area contributed by atoms with Gasteiger partial charge in [0, 0.05) is 68.8 Å². The number of hydrogen-bond donors (Lipinski definition) is 1. The van der Waals surface area contributed by atoms with Crippen molar-refractivity contribution in [1.29, 1.82) is 0 Å². The van der Waals surface area contributed by atoms with E-state index < -0.39 is 0 Å². The van der Waals surface area contributed by atoms with Crippen LogP contribution in [0.1, 0.15) is 11.1 Å². The fourth-order valence-corrected chi connectivity index (χ4v) is 3.91. The van der Waals surface area contributed by atoms with E-state index in [1.807, 2.05) is 59.1 Å². The molecule has 0 aliphatic carbocycles. The van der Waals surface area contributed by atoms with Crippen LogP contribution >= 0.6 is 23.8 Å². The van der Waals surface area contributed by atoms with E-state index in [1.165, 1.54) is 5.56 Å². The summed E-state index contributed by atoms with van der Waals surface area (Å²) < 4.78 is 3.70. The summed E-state index contributed by atoms with van der Waals surface area (Å²) in [6, 6.07) is 9.74. The topological polar surface area (TPSA) is 54.1 Å². The minimum atomic E-state index is 0.626. The first-order valence-electron chi connectivity index (χ1n) is 9.59. The zero-order valence-electron chi connectivity index (χ0n) is 16.3. The number of piperazine rings is 1. The summed E-state index contributed by atoms with van der Waals surface area (Å²) in [5.74, 6) is 0.750. The molecule has 1 fully saturated rings. The van der Waals surface area contributed by atoms with Gasteiger partial charge in [0.25, 0.3) is 0 Å². The number of aromatic nitrogens is 4. The van der Waals surface area contributed by atoms with E-state index in [9.17, 15) is 0 Å². The van der Waals surface area contributed by atoms with Crippen LogP contribution < -0.4 is 5.32 Å². The molecule has 3 aromatic rings. The first kappa shape index (κ1) is 19.9. The van der Waals surface area contributed by atoms with Crippen molar-refractivity contribution in [3.63, 3.8) is 0 Å². The van der Waals surface area contributed by atoms with E-state index in [0.717, 1.165) is 49.1 Å². The van der Waals surface area contributed by atoms with Gasteiger partial charge in [-0.15, -0.1) is 0 Å². The summed E-state index contributed by atoms with van der Waals surface area (Å²) in [5, 5.41) is 13.5. The van der Waals surface area contributed by atoms with E-state index in [-0.39, 0.29) is 0 Å². The molecule has 1 aliphatic heterocycles. The molecule has 9 heteroatoms. The molecular formula is C20H24ClN7S. The molecule has 1 aliphatic rings. The first-order chi connectivity index (χ1) is 14.1. The number of thiocarbonyl (C=S) groups is 1. The van der Waals surface area contributed by atoms with Crippen molar-refractivity contribution < 1.29 is 0 Å². The summed E-state index contributed by atoms with van der Waals surface area (Å²) in [5.41, 5.74) is 2.28. The number of benzene rings is 1. The van der Waals surface area contributed by atoms with Crippen LogP contribution in [0.15, 0.2) is 48.9 Å². The van der Waals surface area contributed by atoms with Crippen molar-refractivity contribution in [2.45, 2.75) is 13.1 Å². The fraction of sp³-hybridized carbons (Fsp3) is 0.350. The van der Waals surface area contributed by atoms with Crippen LogP contribution in [0.25, 0.3) is 0 Å². The van der Waals surface area contributed by atoms with Gasteiger partial charge in [0.2, 0.25) is 0 Å². The summed E-state index contributed by atoms with van der Waals surface area (Å²) in [7, 11) is 1.95. The zero-order chi connectivity index (χ0) is 20.2. The van der Waals surface area contributed by atoms with E-state index >= 15 is 0 Å². The second kappa shape index (κ2) is 8.94. The van der Waals surface area contributed by atoms with Gasteiger partial charge in [-0.25, -0.2) is 0 Å². The van der Waals surface area contributed by atoms with E-state index in [2.05, 4.69) is 31.5 Å². The second-order valence-corrected chi connectivity index (χ2v) is 8.00. The number of nitrogens with one attached hydrogen (secondary N) is 1. The van der Waals surface area contributed by atoms with Crippen molar-refractivity contribution >= 4 is 34.7 Å². The third-order valence-electron chi connectivity index (χ3n) is 4.99. The second-order valence-electron chi connectivity index (χ2n) is 7.21. The van der Waals surface area contributed by atoms with Crippen molar-refractivity contribution in [1.82, 2.24) is 29.4 Å². The van der Waals surface area contributed by atoms with Gasteiger partial charge in [-0.2, -0.15) is 10.2 Å². The molecule has 3 heterocycles. The molecule has 0 saturated carbocycles. The Bertz CT molecular complexity index is 975. The number of halogens is 1. The molecule has 0 spiro atoms. The van der Waals surface area contributed by atoms with Gasteiger partial charge < -0.3 is 10.2 Å². The van der Waals surface area contributed by atoms with Crippen LogP contribution in [0.3, 0.4) is 0 Å². The quantitative estimate of drug-likeness (QED) is 0.629. The van der Waals surface area contributed by atoms with E-state index in [4.69, 9.17) is 23.8 Å². The molecule has 0 atom stereocenters. The third kappa shape index (κ3) is 5.14. The SMILES string of the molecule is Cn1cc(CN2CCN(C(=S)Nc3ccn(Cc4ccccc4Cl)n3)CC2)cn1. The van der Waals surface area contributed by atoms with Gasteiger partial charge >= 0.3 is 0 Å². The largest absolute Gasteiger partial charge is 0.346 e. The van der Waals surface area contributed by atoms with Gasteiger partial charge in [0.15, 0.2) is 10.9 Å². The van der Waals surface area contributed by atoms with Crippen molar-refractivity contribution in [3.8, 4) is 0 Å². The predicted octanol–water partition coefficient (Wildman–Crippen LogP) is 2.83. The molecule has 152 valence electrons. The van der Waals surface area contributed by atoms with Gasteiger partial charge in [0.1, 0.15) is 0 Å². The monoisotopic (exact) mass is 429 g/mol. The summed E-state index contributed by atoms with van der Waals surface area (Å²) in [6.45, 7) is 5.28. The van der Waals surface area contributed by atoms with Gasteiger partial charge in [-0.05, 0) is 23.8 Å². The Balaban J connectivity index is 1.27. The molecule has 0 radical (unpaired) electrons. The average Bonchev–Trinajstić information content (AvgIpc) is 3.33. The Morgan fingerprint density at radius 3 is 2.66 bits per heavy atom. The van der Waals surface area contributed by atoms with Crippen molar-refractivity contribution in [2.75, 3.05) is 31.5 Å². The number of nitrogens with zero attached hydrogens (tertiary/aromatic N) is 6. The van der Waals surface area contributed by atoms with Crippen LogP contribution in [0.5, 0.6) is 0 Å². The van der Waals surface area contributed by atoms with Crippen LogP contribution in [-0.4, -0.2) is 60.7 Å². The molecule has 1 N–H and O–H groups in total. The van der Waals surface area contributed by atoms with Gasteiger partial charge in [-0.3, -0.25) is 14.3 Å². The smallest absolute Gasteiger partial charge is 0.174 e. The summed E-state index contributed by atoms with van der Waals surface area (Å²) >= 11 is 11.8. The van der Waals surface area contributed by atoms with Crippen LogP contribution in [0.4, 0.5) is 5.82 Å². The number of rotatable bonds is 5. The predicted molar refractivity (Wildman–Crippen MR) is 119 cm³/mol. The lowest BCUT2D eigenvalue weighted by Gasteiger charge is -2.35. The maximum absolute atomic E-state index is 6.24. The highest BCUT2D eigenvalue weighted by Gasteiger charge is 2.20. The minimum absolute atomic E-state index is 0.626. The van der Waals surface area contributed by atoms with Gasteiger partial charge in [0.05, 0.1) is 12.7 Å². The molecule has 1 aromatic carbocycles. The molecule has 1 saturated heterocycles. The lowest BCUT2D eigenvalue weighted by molar-refractivity contribution is 0.177. The standard InChI is InChI=1S/C20H24ClN7S/c1-25-13-16(12-22-25)14-26-8-10-27(11-9-26)20(29)23-19-6-7-28(24-19)15-17-4-2-3-5-18(17)21/h2-7,12-13H,8-11,14-15H2,1H3,(H,23,24,29). The average molecular weight is 430 g/mol. The van der Waals surface area contributed by atoms with Crippen LogP contribution in [0, 0.1) is 0 Å². The molecular weight excluding hydrogens is 406 g/mol. The molecule has 0 bridgehead atoms. The highest BCUT2D eigenvalue weighted by molar-refractivity contribution is 7.80. The van der Waals surface area contributed by atoms with E-state index in [1.54, 1.807) is 0 Å². The maximum Gasteiger partial charge on any atom is 0.174 e. The number of anilines is 1. The lowest BCUT2D eigenvalue weighted by atomic mass is 10.2. The fourth-order valence-electron chi connectivity index (χ4n) is 3.43. The zero-order valence-corrected chi connectivity index (χ0v) is 17.9. The molecule has 4 rings (SSSR count). The van der Waals surface area contributed by atoms with Gasteiger partial charge in [-0.1, -0.05) is 29.8 Å². The highest BCUT2D eigenvalue weighted by atomic mass is 35.5. The third-order valence-corrected chi connectivity index (χ3v) is 5.72. The Kier molecular flexibility index (Phi) is 6.13. The minimum Gasteiger partial charge on any atom is -0.346 e. The molecule has 2 aromatic heterocycles. The van der Waals surface area contributed by atoms with Crippen LogP contribution in [0.2, 0.25) is 5.02 Å². The lowest BCUT2D eigenvalue weighted by Crippen LogP contribution is -2.49. The Labute approximate surface area is 180 Å². The maximum atomic E-state index is 6.24. The first-order valence-corrected chi connectivity index (χ1v) is 10.4. The van der Waals surface area contributed by atoms with Crippen LogP contribution in [-0.2, 0) is 20.1 Å². The molecule has 0 unspecified atom stereocenters. The highest BCUT2D eigenvalue weighted by Crippen LogP contribution is 2.17. The Morgan fingerprint density at radius 2 is 1.93 bits per heavy atom. The Hall–Kier alpha value is -2.42. The van der Waals surface area contributed by atoms with Crippen molar-refractivity contribution in [2.24, 2.45) is 7.05 Å². The normalized spacial score (nSPS) is 14.9. The number of hydrogen-bond acceptors (Lipinski definition) is 4. The van der Waals surface area contributed by atoms with Crippen molar-refractivity contribution in [3.05, 3.63) is 65.1 Å². The molecule has 7 nitrogen and oxygen atoms in total. The van der Waals surface area contributed by atoms with E-state index in [0.29, 0.717) is 11.7 Å². The summed E-state index contributed by atoms with van der Waals surface area (Å²) in [4.78, 5) is 4.62.